The highest BCUT2D eigenvalue weighted by Crippen LogP contribution is 2.31. The van der Waals surface area contributed by atoms with Crippen molar-refractivity contribution in [3.63, 3.8) is 0 Å². The highest BCUT2D eigenvalue weighted by atomic mass is 32.2. The number of nitrogens with zero attached hydrogens (tertiary/aromatic N) is 5. The molecule has 0 spiro atoms. The summed E-state index contributed by atoms with van der Waals surface area (Å²) in [4.78, 5) is 25.6. The first kappa shape index (κ1) is 25.2. The average Bonchev–Trinajstić information content (AvgIpc) is 3.44. The summed E-state index contributed by atoms with van der Waals surface area (Å²) in [5.41, 5.74) is 0.633. The number of nitrogens with one attached hydrogen (secondary N) is 1. The molecule has 0 radical (unpaired) electrons. The second-order valence-corrected chi connectivity index (χ2v) is 10.5. The minimum Gasteiger partial charge on any atom is -0.336 e. The minimum atomic E-state index is -3.62. The number of imide groups is 1. The largest absolute Gasteiger partial charge is 0.336 e. The van der Waals surface area contributed by atoms with E-state index < -0.39 is 10.0 Å². The van der Waals surface area contributed by atoms with E-state index in [1.807, 2.05) is 18.4 Å². The molecule has 1 saturated heterocycles. The molecule has 1 aliphatic rings. The Bertz CT molecular complexity index is 1110. The number of amides is 3. The summed E-state index contributed by atoms with van der Waals surface area (Å²) in [6, 6.07) is 6.34. The Labute approximate surface area is 198 Å². The maximum Gasteiger partial charge on any atom is 0.324 e. The molecule has 0 aliphatic carbocycles. The Balaban J connectivity index is 1.92. The molecular weight excluding hydrogens is 464 g/mol. The number of sulfonamides is 1. The van der Waals surface area contributed by atoms with Crippen LogP contribution in [0.15, 0.2) is 34.3 Å². The van der Waals surface area contributed by atoms with Crippen molar-refractivity contribution in [3.05, 3.63) is 24.3 Å². The van der Waals surface area contributed by atoms with E-state index in [1.54, 1.807) is 38.1 Å². The molecule has 2 aromatic rings. The van der Waals surface area contributed by atoms with E-state index in [9.17, 15) is 18.0 Å². The zero-order valence-electron chi connectivity index (χ0n) is 19.3. The number of thioether (sulfide) groups is 1. The summed E-state index contributed by atoms with van der Waals surface area (Å²) in [6.45, 7) is 9.24. The second-order valence-electron chi connectivity index (χ2n) is 7.62. The van der Waals surface area contributed by atoms with Crippen LogP contribution in [0.5, 0.6) is 0 Å². The zero-order valence-corrected chi connectivity index (χ0v) is 20.9. The van der Waals surface area contributed by atoms with Crippen LogP contribution in [0.4, 0.5) is 4.79 Å². The predicted octanol–water partition coefficient (Wildman–Crippen LogP) is 2.59. The van der Waals surface area contributed by atoms with Gasteiger partial charge in [0.1, 0.15) is 0 Å². The van der Waals surface area contributed by atoms with Crippen LogP contribution in [0.3, 0.4) is 0 Å². The first-order valence-corrected chi connectivity index (χ1v) is 13.4. The van der Waals surface area contributed by atoms with Gasteiger partial charge in [0.25, 0.3) is 0 Å². The lowest BCUT2D eigenvalue weighted by atomic mass is 10.2. The fourth-order valence-electron chi connectivity index (χ4n) is 3.57. The first-order chi connectivity index (χ1) is 15.7. The Hall–Kier alpha value is -2.44. The smallest absolute Gasteiger partial charge is 0.324 e. The SMILES string of the molecule is CCC(C)n1c(SCC(=O)N2CCNC2=O)nnc1-c1cccc(S(=O)(=O)N(CC)CC)c1. The van der Waals surface area contributed by atoms with Crippen LogP contribution in [0.1, 0.15) is 40.2 Å². The predicted molar refractivity (Wildman–Crippen MR) is 126 cm³/mol. The van der Waals surface area contributed by atoms with Crippen LogP contribution in [0.25, 0.3) is 11.4 Å². The highest BCUT2D eigenvalue weighted by molar-refractivity contribution is 7.99. The molecule has 3 amide bonds. The van der Waals surface area contributed by atoms with Gasteiger partial charge >= 0.3 is 6.03 Å². The van der Waals surface area contributed by atoms with Crippen LogP contribution in [-0.4, -0.2) is 76.3 Å². The van der Waals surface area contributed by atoms with Gasteiger partial charge in [-0.15, -0.1) is 10.2 Å². The molecule has 0 bridgehead atoms. The van der Waals surface area contributed by atoms with Crippen molar-refractivity contribution in [2.75, 3.05) is 31.9 Å². The maximum atomic E-state index is 13.0. The summed E-state index contributed by atoms with van der Waals surface area (Å²) in [5, 5.41) is 11.8. The van der Waals surface area contributed by atoms with E-state index in [0.29, 0.717) is 42.7 Å². The molecule has 1 N–H and O–H groups in total. The standard InChI is InChI=1S/C21H30N6O4S2/c1-5-15(4)27-19(16-9-8-10-17(13-16)33(30,31)25(6-2)7-3)23-24-21(27)32-14-18(28)26-12-11-22-20(26)29/h8-10,13,15H,5-7,11-12,14H2,1-4H3,(H,22,29). The van der Waals surface area contributed by atoms with Crippen molar-refractivity contribution in [1.29, 1.82) is 0 Å². The second kappa shape index (κ2) is 10.7. The molecule has 0 saturated carbocycles. The van der Waals surface area contributed by atoms with Crippen LogP contribution >= 0.6 is 11.8 Å². The van der Waals surface area contributed by atoms with Gasteiger partial charge in [-0.2, -0.15) is 4.31 Å². The number of hydrogen-bond donors (Lipinski definition) is 1. The van der Waals surface area contributed by atoms with Gasteiger partial charge in [-0.1, -0.05) is 44.7 Å². The molecule has 1 aromatic heterocycles. The van der Waals surface area contributed by atoms with Gasteiger partial charge in [0.2, 0.25) is 15.9 Å². The Morgan fingerprint density at radius 2 is 1.97 bits per heavy atom. The molecule has 1 aliphatic heterocycles. The summed E-state index contributed by atoms with van der Waals surface area (Å²) in [7, 11) is -3.62. The van der Waals surface area contributed by atoms with E-state index in [4.69, 9.17) is 0 Å². The number of carbonyl (C=O) groups is 2. The third-order valence-corrected chi connectivity index (χ3v) is 8.59. The molecule has 33 heavy (non-hydrogen) atoms. The molecule has 3 rings (SSSR count). The van der Waals surface area contributed by atoms with Crippen molar-refractivity contribution < 1.29 is 18.0 Å². The lowest BCUT2D eigenvalue weighted by Crippen LogP contribution is -2.35. The Kier molecular flexibility index (Phi) is 8.14. The molecule has 1 unspecified atom stereocenters. The van der Waals surface area contributed by atoms with Crippen molar-refractivity contribution in [2.24, 2.45) is 0 Å². The third-order valence-electron chi connectivity index (χ3n) is 5.61. The number of hydrogen-bond acceptors (Lipinski definition) is 7. The quantitative estimate of drug-likeness (QED) is 0.505. The molecule has 1 atom stereocenters. The van der Waals surface area contributed by atoms with E-state index in [0.717, 1.165) is 6.42 Å². The molecule has 1 fully saturated rings. The number of carbonyl (C=O) groups excluding carboxylic acids is 2. The topological polar surface area (TPSA) is 117 Å². The van der Waals surface area contributed by atoms with Crippen LogP contribution in [0.2, 0.25) is 0 Å². The van der Waals surface area contributed by atoms with Gasteiger partial charge in [-0.05, 0) is 25.5 Å². The van der Waals surface area contributed by atoms with E-state index >= 15 is 0 Å². The Morgan fingerprint density at radius 3 is 2.58 bits per heavy atom. The van der Waals surface area contributed by atoms with E-state index in [-0.39, 0.29) is 28.6 Å². The summed E-state index contributed by atoms with van der Waals surface area (Å²) >= 11 is 1.22. The third kappa shape index (κ3) is 5.22. The molecule has 10 nitrogen and oxygen atoms in total. The molecule has 12 heteroatoms. The van der Waals surface area contributed by atoms with Crippen molar-refractivity contribution >= 4 is 33.7 Å². The zero-order chi connectivity index (χ0) is 24.2. The molecule has 2 heterocycles. The number of rotatable bonds is 10. The van der Waals surface area contributed by atoms with E-state index in [1.165, 1.54) is 21.0 Å². The van der Waals surface area contributed by atoms with Gasteiger partial charge in [0.15, 0.2) is 11.0 Å². The molecule has 180 valence electrons. The van der Waals surface area contributed by atoms with Crippen molar-refractivity contribution in [2.45, 2.75) is 50.2 Å². The molecular formula is C21H30N6O4S2. The number of aromatic nitrogens is 3. The van der Waals surface area contributed by atoms with Crippen LogP contribution in [0, 0.1) is 0 Å². The fourth-order valence-corrected chi connectivity index (χ4v) is 5.99. The minimum absolute atomic E-state index is 0.0192. The fraction of sp³-hybridized carbons (Fsp3) is 0.524. The lowest BCUT2D eigenvalue weighted by Gasteiger charge is -2.19. The highest BCUT2D eigenvalue weighted by Gasteiger charge is 2.28. The van der Waals surface area contributed by atoms with Gasteiger partial charge in [-0.3, -0.25) is 14.3 Å². The first-order valence-electron chi connectivity index (χ1n) is 11.0. The van der Waals surface area contributed by atoms with Gasteiger partial charge in [0, 0.05) is 37.8 Å². The summed E-state index contributed by atoms with van der Waals surface area (Å²) < 4.78 is 29.3. The van der Waals surface area contributed by atoms with Gasteiger partial charge in [0.05, 0.1) is 10.6 Å². The summed E-state index contributed by atoms with van der Waals surface area (Å²) in [5.74, 6) is 0.302. The van der Waals surface area contributed by atoms with E-state index in [2.05, 4.69) is 15.5 Å². The van der Waals surface area contributed by atoms with Gasteiger partial charge in [-0.25, -0.2) is 13.2 Å². The van der Waals surface area contributed by atoms with Crippen LogP contribution < -0.4 is 5.32 Å². The maximum absolute atomic E-state index is 13.0. The molecule has 1 aromatic carbocycles. The summed E-state index contributed by atoms with van der Waals surface area (Å²) in [6.07, 6.45) is 0.790. The normalized spacial score (nSPS) is 15.2. The van der Waals surface area contributed by atoms with Gasteiger partial charge < -0.3 is 5.32 Å². The number of benzene rings is 1. The number of urea groups is 1. The van der Waals surface area contributed by atoms with Crippen molar-refractivity contribution in [3.8, 4) is 11.4 Å². The monoisotopic (exact) mass is 494 g/mol. The lowest BCUT2D eigenvalue weighted by molar-refractivity contribution is -0.124. The average molecular weight is 495 g/mol. The Morgan fingerprint density at radius 1 is 1.24 bits per heavy atom. The van der Waals surface area contributed by atoms with Crippen LogP contribution in [-0.2, 0) is 14.8 Å². The van der Waals surface area contributed by atoms with Crippen molar-refractivity contribution in [1.82, 2.24) is 29.3 Å².